The van der Waals surface area contributed by atoms with Gasteiger partial charge in [-0.05, 0) is 17.5 Å². The number of carboxylic acid groups (broad SMARTS) is 1. The molecule has 1 atom stereocenters. The molecule has 86 valence electrons. The first-order chi connectivity index (χ1) is 7.59. The van der Waals surface area contributed by atoms with Gasteiger partial charge in [-0.1, -0.05) is 13.0 Å². The van der Waals surface area contributed by atoms with Crippen molar-refractivity contribution in [1.29, 1.82) is 0 Å². The van der Waals surface area contributed by atoms with Crippen LogP contribution in [-0.4, -0.2) is 23.5 Å². The Hall–Kier alpha value is -1.62. The van der Waals surface area contributed by atoms with Crippen LogP contribution in [0.25, 0.3) is 6.08 Å². The number of hydrogen-bond donors (Lipinski definition) is 2. The number of carbonyl (C=O) groups is 2. The minimum absolute atomic E-state index is 0.142. The lowest BCUT2D eigenvalue weighted by Crippen LogP contribution is -2.30. The number of amides is 1. The van der Waals surface area contributed by atoms with E-state index in [1.807, 2.05) is 17.5 Å². The molecule has 0 radical (unpaired) electrons. The van der Waals surface area contributed by atoms with Gasteiger partial charge in [-0.15, -0.1) is 11.3 Å². The molecule has 2 N–H and O–H groups in total. The monoisotopic (exact) mass is 239 g/mol. The fraction of sp³-hybridized carbons (Fsp3) is 0.273. The van der Waals surface area contributed by atoms with Crippen molar-refractivity contribution in [3.63, 3.8) is 0 Å². The molecule has 1 aromatic rings. The van der Waals surface area contributed by atoms with Gasteiger partial charge in [0.2, 0.25) is 5.91 Å². The van der Waals surface area contributed by atoms with Crippen LogP contribution >= 0.6 is 11.3 Å². The number of nitrogens with one attached hydrogen (secondary N) is 1. The standard InChI is InChI=1S/C11H13NO3S/c1-8(11(14)15)7-12-10(13)5-4-9-3-2-6-16-9/h2-6,8H,7H2,1H3,(H,12,13)(H,14,15). The highest BCUT2D eigenvalue weighted by molar-refractivity contribution is 7.10. The zero-order valence-corrected chi connectivity index (χ0v) is 9.66. The molecule has 4 nitrogen and oxygen atoms in total. The predicted molar refractivity (Wildman–Crippen MR) is 63.2 cm³/mol. The Morgan fingerprint density at radius 3 is 2.94 bits per heavy atom. The molecule has 0 aliphatic heterocycles. The SMILES string of the molecule is CC(CNC(=O)C=Cc1cccs1)C(=O)O. The van der Waals surface area contributed by atoms with E-state index >= 15 is 0 Å². The maximum atomic E-state index is 11.3. The van der Waals surface area contributed by atoms with Crippen LogP contribution in [0.4, 0.5) is 0 Å². The summed E-state index contributed by atoms with van der Waals surface area (Å²) in [4.78, 5) is 22.8. The van der Waals surface area contributed by atoms with E-state index < -0.39 is 11.9 Å². The first-order valence-electron chi connectivity index (χ1n) is 4.82. The van der Waals surface area contributed by atoms with Gasteiger partial charge in [-0.25, -0.2) is 0 Å². The highest BCUT2D eigenvalue weighted by atomic mass is 32.1. The minimum Gasteiger partial charge on any atom is -0.481 e. The first kappa shape index (κ1) is 12.4. The largest absolute Gasteiger partial charge is 0.481 e. The van der Waals surface area contributed by atoms with Gasteiger partial charge >= 0.3 is 5.97 Å². The lowest BCUT2D eigenvalue weighted by Gasteiger charge is -2.05. The fourth-order valence-corrected chi connectivity index (χ4v) is 1.56. The van der Waals surface area contributed by atoms with Crippen molar-refractivity contribution in [2.24, 2.45) is 5.92 Å². The Labute approximate surface area is 97.6 Å². The number of aliphatic carboxylic acids is 1. The van der Waals surface area contributed by atoms with E-state index in [9.17, 15) is 9.59 Å². The molecule has 5 heteroatoms. The van der Waals surface area contributed by atoms with Gasteiger partial charge in [0, 0.05) is 17.5 Å². The number of carbonyl (C=O) groups excluding carboxylic acids is 1. The van der Waals surface area contributed by atoms with E-state index in [-0.39, 0.29) is 12.5 Å². The van der Waals surface area contributed by atoms with Crippen LogP contribution in [0.2, 0.25) is 0 Å². The third-order valence-corrected chi connectivity index (χ3v) is 2.78. The maximum Gasteiger partial charge on any atom is 0.308 e. The Bertz CT molecular complexity index is 384. The second-order valence-electron chi connectivity index (χ2n) is 3.33. The molecule has 0 aromatic carbocycles. The summed E-state index contributed by atoms with van der Waals surface area (Å²) in [6.45, 7) is 1.69. The van der Waals surface area contributed by atoms with Crippen LogP contribution in [0.1, 0.15) is 11.8 Å². The van der Waals surface area contributed by atoms with Gasteiger partial charge in [0.25, 0.3) is 0 Å². The van der Waals surface area contributed by atoms with E-state index in [2.05, 4.69) is 5.32 Å². The van der Waals surface area contributed by atoms with Crippen LogP contribution in [0, 0.1) is 5.92 Å². The molecule has 16 heavy (non-hydrogen) atoms. The molecule has 0 aliphatic rings. The average Bonchev–Trinajstić information content (AvgIpc) is 2.75. The number of thiophene rings is 1. The maximum absolute atomic E-state index is 11.3. The summed E-state index contributed by atoms with van der Waals surface area (Å²) in [5.41, 5.74) is 0. The summed E-state index contributed by atoms with van der Waals surface area (Å²) in [6, 6.07) is 3.79. The Morgan fingerprint density at radius 2 is 2.38 bits per heavy atom. The average molecular weight is 239 g/mol. The van der Waals surface area contributed by atoms with E-state index in [4.69, 9.17) is 5.11 Å². The minimum atomic E-state index is -0.914. The lowest BCUT2D eigenvalue weighted by atomic mass is 10.2. The van der Waals surface area contributed by atoms with Crippen molar-refractivity contribution < 1.29 is 14.7 Å². The van der Waals surface area contributed by atoms with E-state index in [1.54, 1.807) is 13.0 Å². The predicted octanol–water partition coefficient (Wildman–Crippen LogP) is 1.60. The second kappa shape index (κ2) is 6.07. The van der Waals surface area contributed by atoms with Gasteiger partial charge in [-0.2, -0.15) is 0 Å². The van der Waals surface area contributed by atoms with Crippen LogP contribution in [0.5, 0.6) is 0 Å². The topological polar surface area (TPSA) is 66.4 Å². The summed E-state index contributed by atoms with van der Waals surface area (Å²) < 4.78 is 0. The molecular weight excluding hydrogens is 226 g/mol. The molecule has 0 spiro atoms. The molecule has 1 amide bonds. The fourth-order valence-electron chi connectivity index (χ4n) is 0.944. The molecule has 0 saturated carbocycles. The van der Waals surface area contributed by atoms with Crippen molar-refractivity contribution >= 4 is 29.3 Å². The van der Waals surface area contributed by atoms with E-state index in [1.165, 1.54) is 17.4 Å². The molecule has 1 unspecified atom stereocenters. The first-order valence-corrected chi connectivity index (χ1v) is 5.70. The van der Waals surface area contributed by atoms with Gasteiger partial charge in [0.05, 0.1) is 5.92 Å². The molecule has 1 heterocycles. The van der Waals surface area contributed by atoms with Crippen LogP contribution < -0.4 is 5.32 Å². The quantitative estimate of drug-likeness (QED) is 0.767. The molecule has 1 rings (SSSR count). The van der Waals surface area contributed by atoms with Gasteiger partial charge < -0.3 is 10.4 Å². The number of carboxylic acids is 1. The van der Waals surface area contributed by atoms with Crippen molar-refractivity contribution in [3.05, 3.63) is 28.5 Å². The van der Waals surface area contributed by atoms with E-state index in [0.717, 1.165) is 4.88 Å². The third kappa shape index (κ3) is 4.27. The van der Waals surface area contributed by atoms with Crippen LogP contribution in [0.15, 0.2) is 23.6 Å². The summed E-state index contributed by atoms with van der Waals surface area (Å²) in [5.74, 6) is -1.76. The highest BCUT2D eigenvalue weighted by Gasteiger charge is 2.10. The van der Waals surface area contributed by atoms with Crippen molar-refractivity contribution in [2.45, 2.75) is 6.92 Å². The smallest absolute Gasteiger partial charge is 0.308 e. The summed E-state index contributed by atoms with van der Waals surface area (Å²) in [7, 11) is 0. The van der Waals surface area contributed by atoms with E-state index in [0.29, 0.717) is 0 Å². The van der Waals surface area contributed by atoms with Gasteiger partial charge in [0.1, 0.15) is 0 Å². The molecule has 0 aliphatic carbocycles. The highest BCUT2D eigenvalue weighted by Crippen LogP contribution is 2.09. The zero-order valence-electron chi connectivity index (χ0n) is 8.84. The Kier molecular flexibility index (Phi) is 4.72. The Balaban J connectivity index is 2.34. The summed E-state index contributed by atoms with van der Waals surface area (Å²) in [5, 5.41) is 13.1. The second-order valence-corrected chi connectivity index (χ2v) is 4.31. The van der Waals surface area contributed by atoms with Crippen molar-refractivity contribution in [1.82, 2.24) is 5.32 Å². The molecule has 0 saturated heterocycles. The molecule has 0 bridgehead atoms. The van der Waals surface area contributed by atoms with Crippen LogP contribution in [0.3, 0.4) is 0 Å². The zero-order chi connectivity index (χ0) is 12.0. The van der Waals surface area contributed by atoms with Gasteiger partial charge in [0.15, 0.2) is 0 Å². The Morgan fingerprint density at radius 1 is 1.62 bits per heavy atom. The molecule has 0 fully saturated rings. The van der Waals surface area contributed by atoms with Crippen LogP contribution in [-0.2, 0) is 9.59 Å². The van der Waals surface area contributed by atoms with Crippen molar-refractivity contribution in [3.8, 4) is 0 Å². The number of hydrogen-bond acceptors (Lipinski definition) is 3. The van der Waals surface area contributed by atoms with Gasteiger partial charge in [-0.3, -0.25) is 9.59 Å². The lowest BCUT2D eigenvalue weighted by molar-refractivity contribution is -0.141. The van der Waals surface area contributed by atoms with Crippen molar-refractivity contribution in [2.75, 3.05) is 6.54 Å². The third-order valence-electron chi connectivity index (χ3n) is 1.95. The summed E-state index contributed by atoms with van der Waals surface area (Å²) in [6.07, 6.45) is 3.10. The molecule has 1 aromatic heterocycles. The molecular formula is C11H13NO3S. The summed E-state index contributed by atoms with van der Waals surface area (Å²) >= 11 is 1.53. The normalized spacial score (nSPS) is 12.6. The number of rotatable bonds is 5.